The molecule has 1 amide bonds. The topological polar surface area (TPSA) is 172 Å². The van der Waals surface area contributed by atoms with Crippen molar-refractivity contribution in [3.63, 3.8) is 0 Å². The van der Waals surface area contributed by atoms with E-state index in [0.717, 1.165) is 29.8 Å². The third kappa shape index (κ3) is 11.0. The number of likely N-dealkylation sites (tertiary alicyclic amines) is 1. The number of carboxylic acids is 2. The fraction of sp³-hybridized carbons (Fsp3) is 0.593. The van der Waals surface area contributed by atoms with Gasteiger partial charge in [0.05, 0.1) is 42.9 Å². The van der Waals surface area contributed by atoms with E-state index in [1.54, 1.807) is 10.9 Å². The van der Waals surface area contributed by atoms with E-state index in [9.17, 15) is 33.3 Å². The summed E-state index contributed by atoms with van der Waals surface area (Å²) in [4.78, 5) is 46.6. The molecule has 0 aliphatic carbocycles. The summed E-state index contributed by atoms with van der Waals surface area (Å²) >= 11 is 0. The second-order valence-corrected chi connectivity index (χ2v) is 12.2. The Bertz CT molecular complexity index is 1200. The number of aryl methyl sites for hydroxylation is 2. The van der Waals surface area contributed by atoms with Crippen molar-refractivity contribution >= 4 is 25.4 Å². The second-order valence-electron chi connectivity index (χ2n) is 10.3. The van der Waals surface area contributed by atoms with E-state index in [1.165, 1.54) is 0 Å². The molecule has 2 atom stereocenters. The van der Waals surface area contributed by atoms with Gasteiger partial charge < -0.3 is 24.5 Å². The summed E-state index contributed by atoms with van der Waals surface area (Å²) in [5.41, 5.74) is 2.59. The van der Waals surface area contributed by atoms with Gasteiger partial charge in [-0.2, -0.15) is 0 Å². The number of carbonyl (C=O) groups is 3. The lowest BCUT2D eigenvalue weighted by Gasteiger charge is -2.32. The van der Waals surface area contributed by atoms with Crippen LogP contribution >= 0.6 is 7.60 Å². The van der Waals surface area contributed by atoms with Crippen LogP contribution in [0, 0.1) is 11.8 Å². The predicted octanol–water partition coefficient (Wildman–Crippen LogP) is 3.50. The highest BCUT2D eigenvalue weighted by Crippen LogP contribution is 2.45. The van der Waals surface area contributed by atoms with Crippen molar-refractivity contribution in [1.29, 1.82) is 0 Å². The zero-order valence-electron chi connectivity index (χ0n) is 22.9. The molecule has 41 heavy (non-hydrogen) atoms. The summed E-state index contributed by atoms with van der Waals surface area (Å²) < 4.78 is 31.5. The molecule has 1 aromatic heterocycles. The molecule has 2 unspecified atom stereocenters. The fourth-order valence-electron chi connectivity index (χ4n) is 4.77. The van der Waals surface area contributed by atoms with Crippen molar-refractivity contribution < 1.29 is 43.0 Å². The lowest BCUT2D eigenvalue weighted by Crippen LogP contribution is -2.38. The Morgan fingerprint density at radius 3 is 2.44 bits per heavy atom. The number of aliphatic carboxylic acids is 2. The minimum absolute atomic E-state index is 0.0127. The lowest BCUT2D eigenvalue weighted by atomic mass is 9.93. The van der Waals surface area contributed by atoms with Gasteiger partial charge in [0.15, 0.2) is 0 Å². The standard InChI is InChI=1S/C27H38FN4O8P/c28-14-1-2-23-18-32(30-29-23)24-7-3-20(4-8-24)5-9-25(33)31-15-11-21(12-16-31)13-17-40-41(38,39)19-22(27(36)37)6-10-26(34)35/h3-4,7-8,18,21-22H,1-2,5-6,9-17,19H2,(H,34,35)(H,36,37)(H,38,39). The Hall–Kier alpha value is -3.15. The molecule has 1 aliphatic rings. The molecular weight excluding hydrogens is 558 g/mol. The van der Waals surface area contributed by atoms with Crippen LogP contribution in [0.3, 0.4) is 0 Å². The Kier molecular flexibility index (Phi) is 12.4. The molecule has 0 radical (unpaired) electrons. The first-order chi connectivity index (χ1) is 19.6. The number of aromatic nitrogens is 3. The quantitative estimate of drug-likeness (QED) is 0.230. The van der Waals surface area contributed by atoms with E-state index in [0.29, 0.717) is 45.2 Å². The van der Waals surface area contributed by atoms with Crippen LogP contribution < -0.4 is 0 Å². The van der Waals surface area contributed by atoms with E-state index >= 15 is 0 Å². The molecule has 3 N–H and O–H groups in total. The highest BCUT2D eigenvalue weighted by Gasteiger charge is 2.31. The van der Waals surface area contributed by atoms with Gasteiger partial charge in [0.25, 0.3) is 0 Å². The molecule has 3 rings (SSSR count). The molecule has 1 saturated heterocycles. The average molecular weight is 597 g/mol. The number of nitrogens with zero attached hydrogens (tertiary/aromatic N) is 4. The van der Waals surface area contributed by atoms with Gasteiger partial charge >= 0.3 is 19.5 Å². The number of alkyl halides is 1. The van der Waals surface area contributed by atoms with E-state index in [4.69, 9.17) is 9.63 Å². The van der Waals surface area contributed by atoms with Crippen molar-refractivity contribution in [3.8, 4) is 5.69 Å². The Morgan fingerprint density at radius 2 is 1.80 bits per heavy atom. The van der Waals surface area contributed by atoms with Crippen molar-refractivity contribution in [2.45, 2.75) is 57.8 Å². The SMILES string of the molecule is O=C(O)CCC(CP(=O)(O)OCCC1CCN(C(=O)CCc2ccc(-n3cc(CCCF)nn3)cc2)CC1)C(=O)O. The normalized spacial score (nSPS) is 16.3. The van der Waals surface area contributed by atoms with Crippen molar-refractivity contribution in [3.05, 3.63) is 41.7 Å². The van der Waals surface area contributed by atoms with Crippen molar-refractivity contribution in [1.82, 2.24) is 19.9 Å². The molecular formula is C27H38FN4O8P. The van der Waals surface area contributed by atoms with Gasteiger partial charge in [-0.1, -0.05) is 17.3 Å². The summed E-state index contributed by atoms with van der Waals surface area (Å²) in [6.07, 6.45) is 4.42. The summed E-state index contributed by atoms with van der Waals surface area (Å²) in [6.45, 7) is 0.778. The average Bonchev–Trinajstić information content (AvgIpc) is 3.42. The van der Waals surface area contributed by atoms with E-state index < -0.39 is 38.0 Å². The monoisotopic (exact) mass is 596 g/mol. The molecule has 2 heterocycles. The number of amides is 1. The first kappa shape index (κ1) is 32.4. The maximum Gasteiger partial charge on any atom is 0.328 e. The van der Waals surface area contributed by atoms with E-state index in [-0.39, 0.29) is 31.5 Å². The molecule has 0 spiro atoms. The van der Waals surface area contributed by atoms with Gasteiger partial charge in [-0.25, -0.2) is 4.68 Å². The molecule has 1 aliphatic heterocycles. The number of rotatable bonds is 17. The Labute approximate surface area is 238 Å². The number of halogens is 1. The van der Waals surface area contributed by atoms with Gasteiger partial charge in [-0.15, -0.1) is 5.10 Å². The van der Waals surface area contributed by atoms with E-state index in [1.807, 2.05) is 29.2 Å². The van der Waals surface area contributed by atoms with Crippen LogP contribution in [0.15, 0.2) is 30.5 Å². The van der Waals surface area contributed by atoms with Gasteiger partial charge in [0.2, 0.25) is 5.91 Å². The van der Waals surface area contributed by atoms with Crippen LogP contribution in [0.2, 0.25) is 0 Å². The van der Waals surface area contributed by atoms with Crippen molar-refractivity contribution in [2.24, 2.45) is 11.8 Å². The lowest BCUT2D eigenvalue weighted by molar-refractivity contribution is -0.142. The molecule has 226 valence electrons. The minimum atomic E-state index is -4.18. The van der Waals surface area contributed by atoms with Crippen LogP contribution in [0.25, 0.3) is 5.69 Å². The third-order valence-corrected chi connectivity index (χ3v) is 8.72. The maximum absolute atomic E-state index is 12.8. The third-order valence-electron chi connectivity index (χ3n) is 7.23. The summed E-state index contributed by atoms with van der Waals surface area (Å²) in [5.74, 6) is -3.49. The second kappa shape index (κ2) is 15.7. The zero-order valence-corrected chi connectivity index (χ0v) is 23.8. The Morgan fingerprint density at radius 1 is 1.10 bits per heavy atom. The number of hydrogen-bond donors (Lipinski definition) is 3. The molecule has 14 heteroatoms. The van der Waals surface area contributed by atoms with E-state index in [2.05, 4.69) is 10.3 Å². The molecule has 1 fully saturated rings. The molecule has 0 saturated carbocycles. The van der Waals surface area contributed by atoms with Crippen LogP contribution in [0.5, 0.6) is 0 Å². The number of carbonyl (C=O) groups excluding carboxylic acids is 1. The van der Waals surface area contributed by atoms with Crippen LogP contribution in [-0.4, -0.2) is 85.4 Å². The predicted molar refractivity (Wildman–Crippen MR) is 147 cm³/mol. The molecule has 1 aromatic carbocycles. The first-order valence-electron chi connectivity index (χ1n) is 13.8. The smallest absolute Gasteiger partial charge is 0.328 e. The number of hydrogen-bond acceptors (Lipinski definition) is 7. The largest absolute Gasteiger partial charge is 0.481 e. The van der Waals surface area contributed by atoms with Gasteiger partial charge in [0.1, 0.15) is 0 Å². The fourth-order valence-corrected chi connectivity index (χ4v) is 6.16. The summed E-state index contributed by atoms with van der Waals surface area (Å²) in [7, 11) is -4.18. The highest BCUT2D eigenvalue weighted by molar-refractivity contribution is 7.52. The Balaban J connectivity index is 1.35. The van der Waals surface area contributed by atoms with Crippen LogP contribution in [-0.2, 0) is 36.3 Å². The molecule has 0 bridgehead atoms. The van der Waals surface area contributed by atoms with Gasteiger partial charge in [-0.3, -0.25) is 23.3 Å². The number of carboxylic acid groups (broad SMARTS) is 2. The van der Waals surface area contributed by atoms with Gasteiger partial charge in [-0.05, 0) is 68.6 Å². The zero-order chi connectivity index (χ0) is 29.8. The molecule has 12 nitrogen and oxygen atoms in total. The summed E-state index contributed by atoms with van der Waals surface area (Å²) in [5, 5.41) is 26.1. The maximum atomic E-state index is 12.8. The molecule has 2 aromatic rings. The van der Waals surface area contributed by atoms with Gasteiger partial charge in [0, 0.05) is 25.9 Å². The highest BCUT2D eigenvalue weighted by atomic mass is 31.2. The van der Waals surface area contributed by atoms with Crippen molar-refractivity contribution in [2.75, 3.05) is 32.5 Å². The summed E-state index contributed by atoms with van der Waals surface area (Å²) in [6, 6.07) is 7.71. The first-order valence-corrected chi connectivity index (χ1v) is 15.6. The van der Waals surface area contributed by atoms with Crippen LogP contribution in [0.4, 0.5) is 4.39 Å². The minimum Gasteiger partial charge on any atom is -0.481 e. The number of benzene rings is 1. The number of piperidine rings is 1. The van der Waals surface area contributed by atoms with Crippen LogP contribution in [0.1, 0.15) is 56.2 Å².